The van der Waals surface area contributed by atoms with Crippen molar-refractivity contribution in [2.75, 3.05) is 7.11 Å². The average molecular weight is 354 g/mol. The summed E-state index contributed by atoms with van der Waals surface area (Å²) in [4.78, 5) is 12.5. The van der Waals surface area contributed by atoms with Gasteiger partial charge in [-0.25, -0.2) is 15.0 Å². The van der Waals surface area contributed by atoms with E-state index in [0.717, 1.165) is 11.3 Å². The number of halogens is 2. The molecule has 0 bridgehead atoms. The largest absolute Gasteiger partial charge is 0.497 e. The third-order valence-corrected chi connectivity index (χ3v) is 3.82. The fourth-order valence-electron chi connectivity index (χ4n) is 1.94. The van der Waals surface area contributed by atoms with Crippen LogP contribution in [0.3, 0.4) is 0 Å². The minimum Gasteiger partial charge on any atom is -0.497 e. The number of aromatic nitrogens is 4. The number of hydrogen-bond acceptors (Lipinski definition) is 4. The molecule has 0 N–H and O–H groups in total. The van der Waals surface area contributed by atoms with Gasteiger partial charge in [-0.05, 0) is 33.6 Å². The first-order valence-electron chi connectivity index (χ1n) is 5.84. The smallest absolute Gasteiger partial charge is 0.179 e. The van der Waals surface area contributed by atoms with Gasteiger partial charge in [-0.2, -0.15) is 0 Å². The minimum atomic E-state index is 0.351. The molecule has 0 unspecified atom stereocenters. The number of ether oxygens (including phenoxy) is 1. The molecule has 7 heteroatoms. The molecular formula is C13H10BrClN4O. The fourth-order valence-corrected chi connectivity index (χ4v) is 2.58. The molecule has 0 saturated carbocycles. The first kappa shape index (κ1) is 13.3. The third kappa shape index (κ3) is 2.36. The summed E-state index contributed by atoms with van der Waals surface area (Å²) in [5.74, 6) is 0.827. The van der Waals surface area contributed by atoms with Crippen LogP contribution in [0.1, 0.15) is 5.56 Å². The zero-order chi connectivity index (χ0) is 14.1. The van der Waals surface area contributed by atoms with Crippen LogP contribution in [-0.2, 0) is 6.54 Å². The Hall–Kier alpha value is -1.66. The lowest BCUT2D eigenvalue weighted by molar-refractivity contribution is 0.414. The summed E-state index contributed by atoms with van der Waals surface area (Å²) < 4.78 is 7.75. The summed E-state index contributed by atoms with van der Waals surface area (Å²) >= 11 is 9.45. The van der Waals surface area contributed by atoms with Crippen LogP contribution in [0.15, 0.2) is 35.3 Å². The summed E-state index contributed by atoms with van der Waals surface area (Å²) in [6, 6.07) is 7.84. The zero-order valence-electron chi connectivity index (χ0n) is 10.5. The van der Waals surface area contributed by atoms with E-state index in [2.05, 4.69) is 30.9 Å². The monoisotopic (exact) mass is 352 g/mol. The van der Waals surface area contributed by atoms with E-state index < -0.39 is 0 Å². The standard InChI is InChI=1S/C13H10BrClN4O/c1-20-9-4-2-8(3-5-9)6-19-12-10(18-13(19)14)11(15)16-7-17-12/h2-5,7H,6H2,1H3. The number of methoxy groups -OCH3 is 1. The molecule has 2 heterocycles. The minimum absolute atomic E-state index is 0.351. The normalized spacial score (nSPS) is 10.9. The quantitative estimate of drug-likeness (QED) is 0.535. The van der Waals surface area contributed by atoms with Crippen LogP contribution in [0, 0.1) is 0 Å². The molecule has 3 aromatic rings. The Morgan fingerprint density at radius 1 is 1.25 bits per heavy atom. The molecule has 5 nitrogen and oxygen atoms in total. The van der Waals surface area contributed by atoms with Crippen LogP contribution in [0.25, 0.3) is 11.2 Å². The highest BCUT2D eigenvalue weighted by molar-refractivity contribution is 9.10. The molecule has 102 valence electrons. The lowest BCUT2D eigenvalue weighted by Crippen LogP contribution is -2.01. The van der Waals surface area contributed by atoms with E-state index >= 15 is 0 Å². The van der Waals surface area contributed by atoms with E-state index in [1.54, 1.807) is 7.11 Å². The molecular weight excluding hydrogens is 344 g/mol. The Morgan fingerprint density at radius 3 is 2.70 bits per heavy atom. The molecule has 0 spiro atoms. The summed E-state index contributed by atoms with van der Waals surface area (Å²) in [6.45, 7) is 0.633. The highest BCUT2D eigenvalue weighted by Gasteiger charge is 2.13. The molecule has 0 aliphatic rings. The Labute approximate surface area is 128 Å². The van der Waals surface area contributed by atoms with Crippen molar-refractivity contribution in [1.29, 1.82) is 0 Å². The average Bonchev–Trinajstić information content (AvgIpc) is 2.78. The number of imidazole rings is 1. The van der Waals surface area contributed by atoms with Crippen molar-refractivity contribution in [2.24, 2.45) is 0 Å². The molecule has 2 aromatic heterocycles. The van der Waals surface area contributed by atoms with E-state index in [4.69, 9.17) is 16.3 Å². The van der Waals surface area contributed by atoms with Gasteiger partial charge in [0.1, 0.15) is 17.6 Å². The van der Waals surface area contributed by atoms with Crippen molar-refractivity contribution in [3.63, 3.8) is 0 Å². The third-order valence-electron chi connectivity index (χ3n) is 2.94. The highest BCUT2D eigenvalue weighted by Crippen LogP contribution is 2.24. The van der Waals surface area contributed by atoms with Crippen molar-refractivity contribution < 1.29 is 4.74 Å². The van der Waals surface area contributed by atoms with Gasteiger partial charge in [0.15, 0.2) is 15.5 Å². The van der Waals surface area contributed by atoms with Gasteiger partial charge in [0.05, 0.1) is 13.7 Å². The number of benzene rings is 1. The molecule has 0 fully saturated rings. The van der Waals surface area contributed by atoms with Gasteiger partial charge in [-0.1, -0.05) is 23.7 Å². The molecule has 3 rings (SSSR count). The van der Waals surface area contributed by atoms with Crippen LogP contribution < -0.4 is 4.74 Å². The molecule has 0 radical (unpaired) electrons. The summed E-state index contributed by atoms with van der Waals surface area (Å²) in [6.07, 6.45) is 1.43. The van der Waals surface area contributed by atoms with Crippen LogP contribution in [-0.4, -0.2) is 26.6 Å². The van der Waals surface area contributed by atoms with Gasteiger partial charge in [-0.3, -0.25) is 4.57 Å². The second-order valence-electron chi connectivity index (χ2n) is 4.15. The molecule has 0 atom stereocenters. The van der Waals surface area contributed by atoms with Gasteiger partial charge in [-0.15, -0.1) is 0 Å². The number of nitrogens with zero attached hydrogens (tertiary/aromatic N) is 4. The maximum atomic E-state index is 6.02. The van der Waals surface area contributed by atoms with E-state index in [9.17, 15) is 0 Å². The first-order valence-corrected chi connectivity index (χ1v) is 7.01. The van der Waals surface area contributed by atoms with Crippen LogP contribution in [0.2, 0.25) is 5.15 Å². The second kappa shape index (κ2) is 5.38. The van der Waals surface area contributed by atoms with Crippen molar-refractivity contribution in [3.05, 3.63) is 46.0 Å². The van der Waals surface area contributed by atoms with Gasteiger partial charge in [0.25, 0.3) is 0 Å². The predicted molar refractivity (Wildman–Crippen MR) is 80.1 cm³/mol. The van der Waals surface area contributed by atoms with E-state index in [0.29, 0.717) is 27.6 Å². The predicted octanol–water partition coefficient (Wildman–Crippen LogP) is 3.30. The number of hydrogen-bond donors (Lipinski definition) is 0. The van der Waals surface area contributed by atoms with E-state index in [1.807, 2.05) is 28.8 Å². The first-order chi connectivity index (χ1) is 9.69. The zero-order valence-corrected chi connectivity index (χ0v) is 12.9. The Kier molecular flexibility index (Phi) is 3.58. The number of rotatable bonds is 3. The maximum absolute atomic E-state index is 6.02. The molecule has 0 amide bonds. The van der Waals surface area contributed by atoms with Crippen LogP contribution >= 0.6 is 27.5 Å². The Balaban J connectivity index is 2.01. The van der Waals surface area contributed by atoms with Crippen molar-refractivity contribution in [3.8, 4) is 5.75 Å². The van der Waals surface area contributed by atoms with Crippen molar-refractivity contribution >= 4 is 38.7 Å². The molecule has 1 aromatic carbocycles. The highest BCUT2D eigenvalue weighted by atomic mass is 79.9. The SMILES string of the molecule is COc1ccc(Cn2c(Br)nc3c(Cl)ncnc32)cc1. The van der Waals surface area contributed by atoms with Gasteiger partial charge < -0.3 is 4.74 Å². The lowest BCUT2D eigenvalue weighted by Gasteiger charge is -2.06. The molecule has 0 aliphatic carbocycles. The van der Waals surface area contributed by atoms with Gasteiger partial charge in [0.2, 0.25) is 0 Å². The van der Waals surface area contributed by atoms with E-state index in [-0.39, 0.29) is 0 Å². The van der Waals surface area contributed by atoms with Crippen LogP contribution in [0.5, 0.6) is 5.75 Å². The molecule has 20 heavy (non-hydrogen) atoms. The summed E-state index contributed by atoms with van der Waals surface area (Å²) in [7, 11) is 1.65. The maximum Gasteiger partial charge on any atom is 0.179 e. The topological polar surface area (TPSA) is 52.8 Å². The lowest BCUT2D eigenvalue weighted by atomic mass is 10.2. The van der Waals surface area contributed by atoms with Gasteiger partial charge >= 0.3 is 0 Å². The Bertz CT molecular complexity index is 757. The fraction of sp³-hybridized carbons (Fsp3) is 0.154. The van der Waals surface area contributed by atoms with Gasteiger partial charge in [0, 0.05) is 0 Å². The Morgan fingerprint density at radius 2 is 2.00 bits per heavy atom. The summed E-state index contributed by atoms with van der Waals surface area (Å²) in [5.41, 5.74) is 2.41. The van der Waals surface area contributed by atoms with E-state index in [1.165, 1.54) is 6.33 Å². The van der Waals surface area contributed by atoms with Crippen LogP contribution in [0.4, 0.5) is 0 Å². The van der Waals surface area contributed by atoms with Crippen molar-refractivity contribution in [2.45, 2.75) is 6.54 Å². The second-order valence-corrected chi connectivity index (χ2v) is 5.22. The summed E-state index contributed by atoms with van der Waals surface area (Å²) in [5, 5.41) is 0.351. The van der Waals surface area contributed by atoms with Crippen molar-refractivity contribution in [1.82, 2.24) is 19.5 Å². The number of fused-ring (bicyclic) bond motifs is 1. The molecule has 0 saturated heterocycles. The molecule has 0 aliphatic heterocycles.